The summed E-state index contributed by atoms with van der Waals surface area (Å²) in [5, 5.41) is 11.3. The maximum absolute atomic E-state index is 12.6. The van der Waals surface area contributed by atoms with Crippen LogP contribution in [0.3, 0.4) is 0 Å². The van der Waals surface area contributed by atoms with E-state index in [0.29, 0.717) is 18.7 Å². The number of hydrogen-bond acceptors (Lipinski definition) is 4. The first-order chi connectivity index (χ1) is 13.5. The third kappa shape index (κ3) is 3.11. The third-order valence-electron chi connectivity index (χ3n) is 5.48. The monoisotopic (exact) mass is 378 g/mol. The Labute approximate surface area is 162 Å². The molecule has 1 aliphatic heterocycles. The number of ether oxygens (including phenoxy) is 1. The molecule has 1 aliphatic rings. The number of aromatic amines is 1. The predicted molar refractivity (Wildman–Crippen MR) is 105 cm³/mol. The largest absolute Gasteiger partial charge is 0.507 e. The number of para-hydroxylation sites is 1. The SMILES string of the molecule is Cc1ccc(C(=O)OCC(=O)N2CCc3[nH]c4ccccc4c3C2)c(O)c1C. The zero-order valence-electron chi connectivity index (χ0n) is 15.9. The lowest BCUT2D eigenvalue weighted by Crippen LogP contribution is -2.38. The molecule has 0 spiro atoms. The number of fused-ring (bicyclic) bond motifs is 3. The van der Waals surface area contributed by atoms with Gasteiger partial charge in [0.05, 0.1) is 0 Å². The highest BCUT2D eigenvalue weighted by molar-refractivity contribution is 5.94. The summed E-state index contributed by atoms with van der Waals surface area (Å²) in [6.45, 7) is 4.31. The van der Waals surface area contributed by atoms with Gasteiger partial charge < -0.3 is 19.7 Å². The summed E-state index contributed by atoms with van der Waals surface area (Å²) in [5.41, 5.74) is 4.93. The van der Waals surface area contributed by atoms with Crippen molar-refractivity contribution in [2.45, 2.75) is 26.8 Å². The number of nitrogens with zero attached hydrogens (tertiary/aromatic N) is 1. The van der Waals surface area contributed by atoms with Crippen LogP contribution in [0.1, 0.15) is 32.7 Å². The van der Waals surface area contributed by atoms with Crippen LogP contribution in [0.4, 0.5) is 0 Å². The number of rotatable bonds is 3. The van der Waals surface area contributed by atoms with Gasteiger partial charge >= 0.3 is 5.97 Å². The summed E-state index contributed by atoms with van der Waals surface area (Å²) in [5.74, 6) is -1.04. The molecule has 2 heterocycles. The number of aromatic hydroxyl groups is 1. The maximum atomic E-state index is 12.6. The van der Waals surface area contributed by atoms with Gasteiger partial charge in [0.1, 0.15) is 11.3 Å². The highest BCUT2D eigenvalue weighted by Crippen LogP contribution is 2.28. The van der Waals surface area contributed by atoms with Crippen molar-refractivity contribution in [3.63, 3.8) is 0 Å². The molecule has 0 fully saturated rings. The average molecular weight is 378 g/mol. The van der Waals surface area contributed by atoms with Gasteiger partial charge in [-0.25, -0.2) is 4.79 Å². The number of carbonyl (C=O) groups excluding carboxylic acids is 2. The number of benzene rings is 2. The van der Waals surface area contributed by atoms with Crippen molar-refractivity contribution >= 4 is 22.8 Å². The van der Waals surface area contributed by atoms with E-state index in [9.17, 15) is 14.7 Å². The maximum Gasteiger partial charge on any atom is 0.342 e. The molecule has 0 bridgehead atoms. The summed E-state index contributed by atoms with van der Waals surface area (Å²) < 4.78 is 5.18. The molecule has 3 aromatic rings. The van der Waals surface area contributed by atoms with Crippen molar-refractivity contribution in [3.8, 4) is 5.75 Å². The molecule has 2 N–H and O–H groups in total. The normalized spacial score (nSPS) is 13.4. The van der Waals surface area contributed by atoms with Crippen molar-refractivity contribution in [3.05, 3.63) is 64.3 Å². The van der Waals surface area contributed by atoms with Crippen molar-refractivity contribution in [2.75, 3.05) is 13.2 Å². The molecule has 6 heteroatoms. The van der Waals surface area contributed by atoms with Gasteiger partial charge in [-0.2, -0.15) is 0 Å². The smallest absolute Gasteiger partial charge is 0.342 e. The van der Waals surface area contributed by atoms with Crippen LogP contribution >= 0.6 is 0 Å². The lowest BCUT2D eigenvalue weighted by Gasteiger charge is -2.27. The minimum absolute atomic E-state index is 0.0773. The highest BCUT2D eigenvalue weighted by atomic mass is 16.5. The predicted octanol–water partition coefficient (Wildman–Crippen LogP) is 3.23. The Morgan fingerprint density at radius 2 is 1.96 bits per heavy atom. The van der Waals surface area contributed by atoms with Crippen LogP contribution in [0.2, 0.25) is 0 Å². The molecule has 1 aromatic heterocycles. The summed E-state index contributed by atoms with van der Waals surface area (Å²) in [7, 11) is 0. The van der Waals surface area contributed by atoms with Crippen molar-refractivity contribution in [2.24, 2.45) is 0 Å². The van der Waals surface area contributed by atoms with Gasteiger partial charge in [0, 0.05) is 41.7 Å². The van der Waals surface area contributed by atoms with Crippen molar-refractivity contribution < 1.29 is 19.4 Å². The molecule has 0 radical (unpaired) electrons. The van der Waals surface area contributed by atoms with Gasteiger partial charge in [-0.05, 0) is 37.1 Å². The van der Waals surface area contributed by atoms with E-state index in [2.05, 4.69) is 4.98 Å². The van der Waals surface area contributed by atoms with E-state index in [1.54, 1.807) is 17.9 Å². The highest BCUT2D eigenvalue weighted by Gasteiger charge is 2.25. The van der Waals surface area contributed by atoms with E-state index in [-0.39, 0.29) is 23.8 Å². The van der Waals surface area contributed by atoms with Crippen LogP contribution in [0, 0.1) is 13.8 Å². The van der Waals surface area contributed by atoms with Gasteiger partial charge in [-0.1, -0.05) is 24.3 Å². The molecule has 28 heavy (non-hydrogen) atoms. The first kappa shape index (κ1) is 18.1. The topological polar surface area (TPSA) is 82.6 Å². The Balaban J connectivity index is 1.43. The summed E-state index contributed by atoms with van der Waals surface area (Å²) in [4.78, 5) is 30.0. The Bertz CT molecular complexity index is 1080. The number of aryl methyl sites for hydroxylation is 1. The quantitative estimate of drug-likeness (QED) is 0.686. The fraction of sp³-hybridized carbons (Fsp3) is 0.273. The Morgan fingerprint density at radius 1 is 1.18 bits per heavy atom. The van der Waals surface area contributed by atoms with Gasteiger partial charge in [0.15, 0.2) is 6.61 Å². The van der Waals surface area contributed by atoms with Crippen molar-refractivity contribution in [1.82, 2.24) is 9.88 Å². The molecule has 0 saturated carbocycles. The molecule has 0 atom stereocenters. The summed E-state index contributed by atoms with van der Waals surface area (Å²) in [6.07, 6.45) is 0.738. The third-order valence-corrected chi connectivity index (χ3v) is 5.48. The minimum Gasteiger partial charge on any atom is -0.507 e. The van der Waals surface area contributed by atoms with Crippen molar-refractivity contribution in [1.29, 1.82) is 0 Å². The Morgan fingerprint density at radius 3 is 2.79 bits per heavy atom. The summed E-state index contributed by atoms with van der Waals surface area (Å²) in [6, 6.07) is 11.3. The number of esters is 1. The molecular weight excluding hydrogens is 356 g/mol. The summed E-state index contributed by atoms with van der Waals surface area (Å²) >= 11 is 0. The van der Waals surface area contributed by atoms with Crippen LogP contribution in [-0.2, 0) is 22.5 Å². The molecule has 0 aliphatic carbocycles. The van der Waals surface area contributed by atoms with Crippen LogP contribution in [0.15, 0.2) is 36.4 Å². The number of hydrogen-bond donors (Lipinski definition) is 2. The number of amides is 1. The first-order valence-electron chi connectivity index (χ1n) is 9.28. The Kier molecular flexibility index (Phi) is 4.55. The van der Waals surface area contributed by atoms with E-state index in [4.69, 9.17) is 4.74 Å². The second-order valence-electron chi connectivity index (χ2n) is 7.17. The first-order valence-corrected chi connectivity index (χ1v) is 9.28. The van der Waals surface area contributed by atoms with E-state index in [1.165, 1.54) is 6.07 Å². The van der Waals surface area contributed by atoms with E-state index in [0.717, 1.165) is 34.1 Å². The molecule has 144 valence electrons. The van der Waals surface area contributed by atoms with Gasteiger partial charge in [0.25, 0.3) is 5.91 Å². The van der Waals surface area contributed by atoms with E-state index < -0.39 is 5.97 Å². The van der Waals surface area contributed by atoms with Crippen LogP contribution in [0.25, 0.3) is 10.9 Å². The van der Waals surface area contributed by atoms with E-state index in [1.807, 2.05) is 31.2 Å². The fourth-order valence-corrected chi connectivity index (χ4v) is 3.64. The van der Waals surface area contributed by atoms with Crippen LogP contribution in [0.5, 0.6) is 5.75 Å². The number of H-pyrrole nitrogens is 1. The lowest BCUT2D eigenvalue weighted by molar-refractivity contribution is -0.135. The number of phenols is 1. The molecule has 1 amide bonds. The molecule has 4 rings (SSSR count). The van der Waals surface area contributed by atoms with Crippen LogP contribution in [-0.4, -0.2) is 40.0 Å². The number of carbonyl (C=O) groups is 2. The van der Waals surface area contributed by atoms with Gasteiger partial charge in [-0.3, -0.25) is 4.79 Å². The second-order valence-corrected chi connectivity index (χ2v) is 7.17. The Hall–Kier alpha value is -3.28. The van der Waals surface area contributed by atoms with Gasteiger partial charge in [0.2, 0.25) is 0 Å². The van der Waals surface area contributed by atoms with E-state index >= 15 is 0 Å². The number of phenolic OH excluding ortho intramolecular Hbond substituents is 1. The standard InChI is InChI=1S/C22H22N2O4/c1-13-7-8-16(21(26)14(13)2)22(27)28-12-20(25)24-10-9-19-17(11-24)15-5-3-4-6-18(15)23-19/h3-8,23,26H,9-12H2,1-2H3. The second kappa shape index (κ2) is 7.03. The molecular formula is C22H22N2O4. The zero-order chi connectivity index (χ0) is 19.8. The number of nitrogens with one attached hydrogen (secondary N) is 1. The number of aromatic nitrogens is 1. The zero-order valence-corrected chi connectivity index (χ0v) is 15.9. The molecule has 2 aromatic carbocycles. The average Bonchev–Trinajstić information content (AvgIpc) is 3.08. The lowest BCUT2D eigenvalue weighted by atomic mass is 10.0. The molecule has 0 unspecified atom stereocenters. The minimum atomic E-state index is -0.696. The molecule has 6 nitrogen and oxygen atoms in total. The van der Waals surface area contributed by atoms with Crippen LogP contribution < -0.4 is 0 Å². The van der Waals surface area contributed by atoms with Gasteiger partial charge in [-0.15, -0.1) is 0 Å². The molecule has 0 saturated heterocycles. The fourth-order valence-electron chi connectivity index (χ4n) is 3.64.